The molecular formula is C14H18N2OS. The molecule has 2 rings (SSSR count). The van der Waals surface area contributed by atoms with Crippen LogP contribution in [0.1, 0.15) is 29.9 Å². The van der Waals surface area contributed by atoms with E-state index in [4.69, 9.17) is 0 Å². The number of aliphatic hydroxyl groups is 1. The van der Waals surface area contributed by atoms with Crippen molar-refractivity contribution >= 4 is 11.3 Å². The number of nitrogens with zero attached hydrogens (tertiary/aromatic N) is 1. The molecule has 0 aliphatic carbocycles. The Hall–Kier alpha value is -1.23. The molecule has 0 aliphatic heterocycles. The Kier molecular flexibility index (Phi) is 4.87. The number of thiophene rings is 1. The minimum Gasteiger partial charge on any atom is -0.386 e. The van der Waals surface area contributed by atoms with Gasteiger partial charge < -0.3 is 10.4 Å². The molecule has 0 amide bonds. The van der Waals surface area contributed by atoms with Crippen molar-refractivity contribution in [1.82, 2.24) is 10.3 Å². The average Bonchev–Trinajstić information content (AvgIpc) is 2.94. The first-order chi connectivity index (χ1) is 8.81. The van der Waals surface area contributed by atoms with E-state index in [9.17, 15) is 5.11 Å². The van der Waals surface area contributed by atoms with Crippen molar-refractivity contribution in [3.05, 3.63) is 52.5 Å². The lowest BCUT2D eigenvalue weighted by molar-refractivity contribution is 0.128. The molecule has 2 aromatic rings. The molecule has 2 N–H and O–H groups in total. The molecule has 96 valence electrons. The summed E-state index contributed by atoms with van der Waals surface area (Å²) in [5.41, 5.74) is 1.18. The zero-order chi connectivity index (χ0) is 12.8. The van der Waals surface area contributed by atoms with Crippen LogP contribution >= 0.6 is 11.3 Å². The summed E-state index contributed by atoms with van der Waals surface area (Å²) in [6, 6.07) is 8.00. The predicted octanol–water partition coefficient (Wildman–Crippen LogP) is 2.74. The van der Waals surface area contributed by atoms with Crippen LogP contribution in [0.5, 0.6) is 0 Å². The van der Waals surface area contributed by atoms with Gasteiger partial charge in [0.05, 0.1) is 0 Å². The van der Waals surface area contributed by atoms with Crippen LogP contribution in [0.25, 0.3) is 0 Å². The van der Waals surface area contributed by atoms with Gasteiger partial charge in [-0.3, -0.25) is 4.98 Å². The molecule has 2 aromatic heterocycles. The van der Waals surface area contributed by atoms with Crippen molar-refractivity contribution in [2.45, 2.75) is 32.0 Å². The van der Waals surface area contributed by atoms with E-state index in [-0.39, 0.29) is 6.04 Å². The SMILES string of the molecule is CCC(NCc1ccncc1)C(O)c1cccs1. The van der Waals surface area contributed by atoms with E-state index >= 15 is 0 Å². The molecule has 0 saturated heterocycles. The lowest BCUT2D eigenvalue weighted by atomic mass is 10.1. The van der Waals surface area contributed by atoms with Crippen molar-refractivity contribution in [2.24, 2.45) is 0 Å². The molecule has 0 aromatic carbocycles. The van der Waals surface area contributed by atoms with Crippen LogP contribution in [0.2, 0.25) is 0 Å². The van der Waals surface area contributed by atoms with Gasteiger partial charge in [0.15, 0.2) is 0 Å². The van der Waals surface area contributed by atoms with Gasteiger partial charge in [0.25, 0.3) is 0 Å². The van der Waals surface area contributed by atoms with Gasteiger partial charge in [0.1, 0.15) is 6.10 Å². The first-order valence-electron chi connectivity index (χ1n) is 6.15. The minimum atomic E-state index is -0.433. The number of rotatable bonds is 6. The summed E-state index contributed by atoms with van der Waals surface area (Å²) in [7, 11) is 0. The summed E-state index contributed by atoms with van der Waals surface area (Å²) in [6.07, 6.45) is 4.03. The van der Waals surface area contributed by atoms with E-state index in [1.54, 1.807) is 23.7 Å². The van der Waals surface area contributed by atoms with Crippen LogP contribution in [0.15, 0.2) is 42.0 Å². The molecule has 2 atom stereocenters. The van der Waals surface area contributed by atoms with Gasteiger partial charge in [-0.2, -0.15) is 0 Å². The second-order valence-electron chi connectivity index (χ2n) is 4.21. The van der Waals surface area contributed by atoms with Crippen LogP contribution in [-0.2, 0) is 6.54 Å². The third-order valence-electron chi connectivity index (χ3n) is 2.97. The number of aliphatic hydroxyl groups excluding tert-OH is 1. The Morgan fingerprint density at radius 2 is 2.11 bits per heavy atom. The maximum Gasteiger partial charge on any atom is 0.103 e. The maximum atomic E-state index is 10.3. The monoisotopic (exact) mass is 262 g/mol. The number of aromatic nitrogens is 1. The molecule has 0 bridgehead atoms. The Morgan fingerprint density at radius 1 is 1.33 bits per heavy atom. The minimum absolute atomic E-state index is 0.0804. The first-order valence-corrected chi connectivity index (χ1v) is 7.03. The van der Waals surface area contributed by atoms with E-state index in [0.29, 0.717) is 0 Å². The van der Waals surface area contributed by atoms with Gasteiger partial charge in [-0.15, -0.1) is 11.3 Å². The molecule has 18 heavy (non-hydrogen) atoms. The average molecular weight is 262 g/mol. The lowest BCUT2D eigenvalue weighted by Gasteiger charge is -2.22. The zero-order valence-electron chi connectivity index (χ0n) is 10.4. The molecule has 0 radical (unpaired) electrons. The highest BCUT2D eigenvalue weighted by Crippen LogP contribution is 2.23. The van der Waals surface area contributed by atoms with E-state index < -0.39 is 6.10 Å². The van der Waals surface area contributed by atoms with Crippen molar-refractivity contribution in [1.29, 1.82) is 0 Å². The van der Waals surface area contributed by atoms with Crippen molar-refractivity contribution in [3.8, 4) is 0 Å². The first kappa shape index (κ1) is 13.2. The second-order valence-corrected chi connectivity index (χ2v) is 5.19. The smallest absolute Gasteiger partial charge is 0.103 e. The summed E-state index contributed by atoms with van der Waals surface area (Å²) in [6.45, 7) is 2.84. The molecule has 3 nitrogen and oxygen atoms in total. The van der Waals surface area contributed by atoms with Crippen LogP contribution < -0.4 is 5.32 Å². The summed E-state index contributed by atoms with van der Waals surface area (Å²) >= 11 is 1.60. The fourth-order valence-corrected chi connectivity index (χ4v) is 2.66. The fraction of sp³-hybridized carbons (Fsp3) is 0.357. The lowest BCUT2D eigenvalue weighted by Crippen LogP contribution is -2.33. The Morgan fingerprint density at radius 3 is 2.72 bits per heavy atom. The maximum absolute atomic E-state index is 10.3. The summed E-state index contributed by atoms with van der Waals surface area (Å²) < 4.78 is 0. The van der Waals surface area contributed by atoms with Crippen molar-refractivity contribution in [2.75, 3.05) is 0 Å². The van der Waals surface area contributed by atoms with E-state index in [2.05, 4.69) is 17.2 Å². The summed E-state index contributed by atoms with van der Waals surface area (Å²) in [5, 5.41) is 15.7. The number of hydrogen-bond acceptors (Lipinski definition) is 4. The molecule has 0 spiro atoms. The predicted molar refractivity (Wildman–Crippen MR) is 74.4 cm³/mol. The largest absolute Gasteiger partial charge is 0.386 e. The Balaban J connectivity index is 1.93. The molecule has 0 fully saturated rings. The third-order valence-corrected chi connectivity index (χ3v) is 3.92. The Bertz CT molecular complexity index is 444. The fourth-order valence-electron chi connectivity index (χ4n) is 1.89. The molecular weight excluding hydrogens is 244 g/mol. The van der Waals surface area contributed by atoms with Gasteiger partial charge in [-0.1, -0.05) is 13.0 Å². The number of nitrogens with one attached hydrogen (secondary N) is 1. The van der Waals surface area contributed by atoms with Gasteiger partial charge in [-0.25, -0.2) is 0 Å². The summed E-state index contributed by atoms with van der Waals surface area (Å²) in [4.78, 5) is 5.01. The van der Waals surface area contributed by atoms with Crippen LogP contribution in [-0.4, -0.2) is 16.1 Å². The van der Waals surface area contributed by atoms with Gasteiger partial charge in [0.2, 0.25) is 0 Å². The molecule has 2 heterocycles. The van der Waals surface area contributed by atoms with E-state index in [1.807, 2.05) is 29.6 Å². The standard InChI is InChI=1S/C14H18N2OS/c1-2-12(14(17)13-4-3-9-18-13)16-10-11-5-7-15-8-6-11/h3-9,12,14,16-17H,2,10H2,1H3. The van der Waals surface area contributed by atoms with Crippen molar-refractivity contribution < 1.29 is 5.11 Å². The highest BCUT2D eigenvalue weighted by atomic mass is 32.1. The zero-order valence-corrected chi connectivity index (χ0v) is 11.2. The summed E-state index contributed by atoms with van der Waals surface area (Å²) in [5.74, 6) is 0. The van der Waals surface area contributed by atoms with Crippen LogP contribution in [0.4, 0.5) is 0 Å². The molecule has 0 saturated carbocycles. The van der Waals surface area contributed by atoms with Gasteiger partial charge >= 0.3 is 0 Å². The Labute approximate surface area is 112 Å². The molecule has 4 heteroatoms. The highest BCUT2D eigenvalue weighted by molar-refractivity contribution is 7.10. The van der Waals surface area contributed by atoms with Crippen LogP contribution in [0.3, 0.4) is 0 Å². The quantitative estimate of drug-likeness (QED) is 0.841. The second kappa shape index (κ2) is 6.64. The normalized spacial score (nSPS) is 14.3. The third kappa shape index (κ3) is 3.38. The van der Waals surface area contributed by atoms with E-state index in [1.165, 1.54) is 5.56 Å². The number of hydrogen-bond donors (Lipinski definition) is 2. The number of pyridine rings is 1. The molecule has 0 aliphatic rings. The van der Waals surface area contributed by atoms with Gasteiger partial charge in [0, 0.05) is 29.9 Å². The molecule has 2 unspecified atom stereocenters. The van der Waals surface area contributed by atoms with Gasteiger partial charge in [-0.05, 0) is 35.6 Å². The van der Waals surface area contributed by atoms with Crippen molar-refractivity contribution in [3.63, 3.8) is 0 Å². The topological polar surface area (TPSA) is 45.2 Å². The van der Waals surface area contributed by atoms with E-state index in [0.717, 1.165) is 17.8 Å². The van der Waals surface area contributed by atoms with Crippen LogP contribution in [0, 0.1) is 0 Å². The highest BCUT2D eigenvalue weighted by Gasteiger charge is 2.19.